The molecule has 0 unspecified atom stereocenters. The number of unbranched alkanes of at least 4 members (excludes halogenated alkanes) is 1. The fraction of sp³-hybridized carbons (Fsp3) is 0.444. The average molecular weight is 468 g/mol. The van der Waals surface area contributed by atoms with Crippen LogP contribution in [0.5, 0.6) is 0 Å². The van der Waals surface area contributed by atoms with Gasteiger partial charge in [0.1, 0.15) is 0 Å². The molecule has 4 rings (SSSR count). The summed E-state index contributed by atoms with van der Waals surface area (Å²) >= 11 is 0. The minimum absolute atomic E-state index is 0.000937. The molecule has 2 bridgehead atoms. The van der Waals surface area contributed by atoms with Crippen molar-refractivity contribution < 1.29 is 18.3 Å². The molecule has 0 radical (unpaired) electrons. The van der Waals surface area contributed by atoms with E-state index in [4.69, 9.17) is 5.11 Å². The normalized spacial score (nSPS) is 24.5. The van der Waals surface area contributed by atoms with Crippen molar-refractivity contribution in [3.8, 4) is 11.1 Å². The molecule has 2 saturated carbocycles. The van der Waals surface area contributed by atoms with E-state index in [1.54, 1.807) is 0 Å². The first kappa shape index (κ1) is 23.7. The maximum Gasteiger partial charge on any atom is 0.303 e. The van der Waals surface area contributed by atoms with Crippen molar-refractivity contribution >= 4 is 16.0 Å². The molecule has 0 aliphatic heterocycles. The lowest BCUT2D eigenvalue weighted by Crippen LogP contribution is -2.44. The van der Waals surface area contributed by atoms with Crippen LogP contribution in [0.25, 0.3) is 11.1 Å². The molecule has 2 aromatic carbocycles. The Morgan fingerprint density at radius 1 is 0.970 bits per heavy atom. The number of nitrogens with one attached hydrogen (secondary N) is 1. The van der Waals surface area contributed by atoms with Crippen LogP contribution in [0.15, 0.2) is 66.7 Å². The van der Waals surface area contributed by atoms with Crippen molar-refractivity contribution in [2.45, 2.75) is 56.7 Å². The van der Waals surface area contributed by atoms with Gasteiger partial charge in [-0.15, -0.1) is 0 Å². The van der Waals surface area contributed by atoms with Gasteiger partial charge in [0, 0.05) is 12.5 Å². The van der Waals surface area contributed by atoms with Crippen LogP contribution in [-0.2, 0) is 20.6 Å². The summed E-state index contributed by atoms with van der Waals surface area (Å²) in [6, 6.07) is 17.8. The number of allylic oxidation sites excluding steroid dienone is 2. The van der Waals surface area contributed by atoms with E-state index in [-0.39, 0.29) is 18.2 Å². The van der Waals surface area contributed by atoms with E-state index >= 15 is 0 Å². The molecule has 2 aromatic rings. The van der Waals surface area contributed by atoms with Crippen molar-refractivity contribution in [3.05, 3.63) is 72.3 Å². The van der Waals surface area contributed by atoms with Gasteiger partial charge in [-0.05, 0) is 73.0 Å². The third-order valence-electron chi connectivity index (χ3n) is 7.16. The number of carboxylic acids is 1. The first-order valence-corrected chi connectivity index (χ1v) is 13.6. The van der Waals surface area contributed by atoms with Gasteiger partial charge in [0.2, 0.25) is 10.0 Å². The quantitative estimate of drug-likeness (QED) is 0.343. The smallest absolute Gasteiger partial charge is 0.303 e. The molecule has 0 saturated heterocycles. The molecule has 33 heavy (non-hydrogen) atoms. The minimum Gasteiger partial charge on any atom is -0.481 e. The van der Waals surface area contributed by atoms with Crippen LogP contribution in [0.3, 0.4) is 0 Å². The van der Waals surface area contributed by atoms with Crippen molar-refractivity contribution in [2.24, 2.45) is 17.8 Å². The molecule has 0 amide bonds. The van der Waals surface area contributed by atoms with E-state index in [0.29, 0.717) is 24.2 Å². The molecule has 5 nitrogen and oxygen atoms in total. The number of benzene rings is 2. The van der Waals surface area contributed by atoms with Gasteiger partial charge in [0.15, 0.2) is 0 Å². The second-order valence-corrected chi connectivity index (χ2v) is 11.2. The van der Waals surface area contributed by atoms with E-state index < -0.39 is 16.0 Å². The van der Waals surface area contributed by atoms with Gasteiger partial charge in [-0.25, -0.2) is 13.1 Å². The Morgan fingerprint density at radius 3 is 2.39 bits per heavy atom. The van der Waals surface area contributed by atoms with Gasteiger partial charge >= 0.3 is 5.97 Å². The summed E-state index contributed by atoms with van der Waals surface area (Å²) in [5.41, 5.74) is 2.99. The first-order valence-electron chi connectivity index (χ1n) is 11.9. The Balaban J connectivity index is 1.35. The lowest BCUT2D eigenvalue weighted by atomic mass is 9.83. The number of sulfonamides is 1. The summed E-state index contributed by atoms with van der Waals surface area (Å²) in [6.45, 7) is 0. The summed E-state index contributed by atoms with van der Waals surface area (Å²) in [7, 11) is -3.44. The highest BCUT2D eigenvalue weighted by Gasteiger charge is 2.48. The van der Waals surface area contributed by atoms with Crippen molar-refractivity contribution in [2.75, 3.05) is 0 Å². The van der Waals surface area contributed by atoms with Crippen LogP contribution < -0.4 is 4.72 Å². The number of fused-ring (bicyclic) bond motifs is 2. The number of aliphatic carboxylic acids is 1. The zero-order valence-electron chi connectivity index (χ0n) is 18.9. The van der Waals surface area contributed by atoms with E-state index in [2.05, 4.69) is 16.9 Å². The summed E-state index contributed by atoms with van der Waals surface area (Å²) in [5.74, 6) is 0.566. The number of rotatable bonds is 11. The highest BCUT2D eigenvalue weighted by Crippen LogP contribution is 2.50. The molecule has 6 heteroatoms. The van der Waals surface area contributed by atoms with Crippen LogP contribution in [0.2, 0.25) is 0 Å². The molecular weight excluding hydrogens is 434 g/mol. The van der Waals surface area contributed by atoms with E-state index in [9.17, 15) is 13.2 Å². The monoisotopic (exact) mass is 467 g/mol. The third kappa shape index (κ3) is 6.33. The second kappa shape index (κ2) is 10.7. The molecule has 176 valence electrons. The summed E-state index contributed by atoms with van der Waals surface area (Å²) < 4.78 is 29.1. The minimum atomic E-state index is -3.44. The summed E-state index contributed by atoms with van der Waals surface area (Å²) in [5, 5.41) is 8.74. The highest BCUT2D eigenvalue weighted by molar-refractivity contribution is 7.88. The Kier molecular flexibility index (Phi) is 7.66. The Labute approximate surface area is 197 Å². The van der Waals surface area contributed by atoms with E-state index in [1.165, 1.54) is 6.42 Å². The first-order chi connectivity index (χ1) is 15.9. The van der Waals surface area contributed by atoms with Gasteiger partial charge in [0.25, 0.3) is 0 Å². The second-order valence-electron chi connectivity index (χ2n) is 9.46. The standard InChI is InChI=1S/C27H33NO4S/c29-26(30)11-7-2-1-6-10-25-23-16-17-24(18-23)27(25)28-33(31,32)19-20-12-14-22(15-13-20)21-8-4-3-5-9-21/h1,3-6,8-9,12-15,23-25,27-28H,2,7,10-11,16-19H2,(H,29,30)/b6-1-/t23-,24+,25+,27+/m0/s1. The predicted molar refractivity (Wildman–Crippen MR) is 131 cm³/mol. The van der Waals surface area contributed by atoms with E-state index in [1.807, 2.05) is 54.6 Å². The Bertz CT molecular complexity index is 1060. The fourth-order valence-corrected chi connectivity index (χ4v) is 7.06. The Hall–Kier alpha value is -2.44. The van der Waals surface area contributed by atoms with Gasteiger partial charge in [-0.1, -0.05) is 66.7 Å². The third-order valence-corrected chi connectivity index (χ3v) is 8.50. The van der Waals surface area contributed by atoms with Crippen LogP contribution in [-0.4, -0.2) is 25.5 Å². The van der Waals surface area contributed by atoms with Crippen molar-refractivity contribution in [1.82, 2.24) is 4.72 Å². The van der Waals surface area contributed by atoms with Crippen LogP contribution in [0, 0.1) is 17.8 Å². The predicted octanol–water partition coefficient (Wildman–Crippen LogP) is 5.39. The zero-order chi connectivity index (χ0) is 23.3. The lowest BCUT2D eigenvalue weighted by Gasteiger charge is -2.31. The van der Waals surface area contributed by atoms with Crippen LogP contribution >= 0.6 is 0 Å². The highest BCUT2D eigenvalue weighted by atomic mass is 32.2. The van der Waals surface area contributed by atoms with Gasteiger partial charge in [-0.2, -0.15) is 0 Å². The molecule has 0 heterocycles. The van der Waals surface area contributed by atoms with Crippen molar-refractivity contribution in [3.63, 3.8) is 0 Å². The van der Waals surface area contributed by atoms with Crippen molar-refractivity contribution in [1.29, 1.82) is 0 Å². The fourth-order valence-electron chi connectivity index (χ4n) is 5.57. The van der Waals surface area contributed by atoms with E-state index in [0.717, 1.165) is 42.4 Å². The SMILES string of the molecule is O=C(O)CCC/C=C\C[C@@H]1[C@H]2CC[C@H](C2)[C@H]1NS(=O)(=O)Cc1ccc(-c2ccccc2)cc1. The molecule has 2 N–H and O–H groups in total. The lowest BCUT2D eigenvalue weighted by molar-refractivity contribution is -0.137. The molecule has 2 aliphatic carbocycles. The average Bonchev–Trinajstić information content (AvgIpc) is 3.39. The topological polar surface area (TPSA) is 83.5 Å². The Morgan fingerprint density at radius 2 is 1.67 bits per heavy atom. The zero-order valence-corrected chi connectivity index (χ0v) is 19.7. The number of carboxylic acid groups (broad SMARTS) is 1. The summed E-state index contributed by atoms with van der Waals surface area (Å²) in [6.07, 6.45) is 10.00. The number of carbonyl (C=O) groups is 1. The maximum atomic E-state index is 13.0. The largest absolute Gasteiger partial charge is 0.481 e. The molecule has 2 fully saturated rings. The van der Waals surface area contributed by atoms with Gasteiger partial charge in [0.05, 0.1) is 5.75 Å². The molecule has 2 aliphatic rings. The van der Waals surface area contributed by atoms with Crippen LogP contribution in [0.1, 0.15) is 50.5 Å². The van der Waals surface area contributed by atoms with Gasteiger partial charge < -0.3 is 5.11 Å². The molecule has 4 atom stereocenters. The maximum absolute atomic E-state index is 13.0. The summed E-state index contributed by atoms with van der Waals surface area (Å²) in [4.78, 5) is 10.6. The number of hydrogen-bond acceptors (Lipinski definition) is 3. The van der Waals surface area contributed by atoms with Gasteiger partial charge in [-0.3, -0.25) is 4.79 Å². The van der Waals surface area contributed by atoms with Crippen LogP contribution in [0.4, 0.5) is 0 Å². The molecule has 0 aromatic heterocycles. The molecular formula is C27H33NO4S. The number of hydrogen-bond donors (Lipinski definition) is 2. The molecule has 0 spiro atoms.